The molecule has 0 radical (unpaired) electrons. The van der Waals surface area contributed by atoms with Gasteiger partial charge in [-0.05, 0) is 77.2 Å². The van der Waals surface area contributed by atoms with Gasteiger partial charge in [0.05, 0.1) is 62.6 Å². The number of aromatic nitrogens is 6. The van der Waals surface area contributed by atoms with Gasteiger partial charge in [0.15, 0.2) is 23.0 Å². The maximum atomic E-state index is 13.4. The zero-order chi connectivity index (χ0) is 34.6. The van der Waals surface area contributed by atoms with Crippen LogP contribution in [0.25, 0.3) is 28.1 Å². The average Bonchev–Trinajstić information content (AvgIpc) is 3.66. The lowest BCUT2D eigenvalue weighted by molar-refractivity contribution is 0.102. The lowest BCUT2D eigenvalue weighted by Gasteiger charge is -2.29. The molecule has 0 atom stereocenters. The number of para-hydroxylation sites is 2. The van der Waals surface area contributed by atoms with Gasteiger partial charge in [-0.2, -0.15) is 0 Å². The van der Waals surface area contributed by atoms with Crippen molar-refractivity contribution in [2.45, 2.75) is 19.4 Å². The molecular formula is C37H36N8O5. The normalized spacial score (nSPS) is 12.7. The summed E-state index contributed by atoms with van der Waals surface area (Å²) < 4.78 is 22.1. The third kappa shape index (κ3) is 6.63. The molecule has 0 saturated heterocycles. The fraction of sp³-hybridized carbons (Fsp3) is 0.243. The number of nitrogens with zero attached hydrogens (tertiary/aromatic N) is 7. The Kier molecular flexibility index (Phi) is 9.21. The molecule has 7 rings (SSSR count). The minimum Gasteiger partial charge on any atom is -0.493 e. The molecule has 1 amide bonds. The summed E-state index contributed by atoms with van der Waals surface area (Å²) in [5.41, 5.74) is 6.90. The second-order valence-corrected chi connectivity index (χ2v) is 11.8. The summed E-state index contributed by atoms with van der Waals surface area (Å²) in [6.07, 6.45) is 3.31. The number of rotatable bonds is 11. The van der Waals surface area contributed by atoms with E-state index in [0.29, 0.717) is 33.8 Å². The summed E-state index contributed by atoms with van der Waals surface area (Å²) >= 11 is 0. The highest BCUT2D eigenvalue weighted by Gasteiger charge is 2.21. The summed E-state index contributed by atoms with van der Waals surface area (Å²) in [5, 5.41) is 16.2. The standard InChI is InChI=1S/C37H36N8O5/c1-47-32-17-24-14-16-44(22-25(24)18-33(32)48-2)15-13-23-9-11-26(12-10-23)45-42-36(41-43-45)27-19-34(49-3)35(50-4)20-30(27)40-37(46)31-21-38-28-7-5-6-8-29(28)39-31/h5-12,17-21H,13-16,22H2,1-4H3,(H,40,46). The fourth-order valence-corrected chi connectivity index (χ4v) is 6.07. The quantitative estimate of drug-likeness (QED) is 0.195. The first-order valence-corrected chi connectivity index (χ1v) is 16.1. The third-order valence-corrected chi connectivity index (χ3v) is 8.79. The number of fused-ring (bicyclic) bond motifs is 2. The van der Waals surface area contributed by atoms with Gasteiger partial charge in [-0.15, -0.1) is 15.0 Å². The highest BCUT2D eigenvalue weighted by molar-refractivity contribution is 6.05. The molecule has 2 aromatic heterocycles. The summed E-state index contributed by atoms with van der Waals surface area (Å²) in [6.45, 7) is 2.78. The van der Waals surface area contributed by atoms with Gasteiger partial charge in [-0.3, -0.25) is 14.7 Å². The maximum Gasteiger partial charge on any atom is 0.275 e. The third-order valence-electron chi connectivity index (χ3n) is 8.79. The largest absolute Gasteiger partial charge is 0.493 e. The topological polar surface area (TPSA) is 139 Å². The Bertz CT molecular complexity index is 2170. The van der Waals surface area contributed by atoms with Gasteiger partial charge >= 0.3 is 0 Å². The van der Waals surface area contributed by atoms with Gasteiger partial charge in [0.1, 0.15) is 5.69 Å². The van der Waals surface area contributed by atoms with Crippen molar-refractivity contribution in [1.29, 1.82) is 0 Å². The van der Waals surface area contributed by atoms with E-state index in [2.05, 4.69) is 59.9 Å². The SMILES string of the molecule is COc1cc2c(cc1OC)CN(CCc1ccc(-n3nnc(-c4cc(OC)c(OC)cc4NC(=O)c4cnc5ccccc5n4)n3)cc1)CC2. The van der Waals surface area contributed by atoms with E-state index in [1.165, 1.54) is 41.9 Å². The van der Waals surface area contributed by atoms with Crippen molar-refractivity contribution in [3.8, 4) is 40.1 Å². The predicted molar refractivity (Wildman–Crippen MR) is 187 cm³/mol. The Morgan fingerprint density at radius 3 is 2.24 bits per heavy atom. The van der Waals surface area contributed by atoms with Crippen LogP contribution >= 0.6 is 0 Å². The lowest BCUT2D eigenvalue weighted by atomic mass is 9.98. The van der Waals surface area contributed by atoms with Crippen molar-refractivity contribution in [3.05, 3.63) is 101 Å². The van der Waals surface area contributed by atoms with Gasteiger partial charge in [0, 0.05) is 25.7 Å². The van der Waals surface area contributed by atoms with Crippen molar-refractivity contribution >= 4 is 22.6 Å². The summed E-state index contributed by atoms with van der Waals surface area (Å²) in [6, 6.07) is 23.0. The van der Waals surface area contributed by atoms with Crippen LogP contribution in [0.15, 0.2) is 79.0 Å². The van der Waals surface area contributed by atoms with Crippen LogP contribution in [0.2, 0.25) is 0 Å². The number of anilines is 1. The molecule has 0 saturated carbocycles. The molecule has 254 valence electrons. The van der Waals surface area contributed by atoms with Gasteiger partial charge in [0.2, 0.25) is 5.82 Å². The molecule has 1 N–H and O–H groups in total. The number of carbonyl (C=O) groups is 1. The van der Waals surface area contributed by atoms with Gasteiger partial charge in [0.25, 0.3) is 5.91 Å². The first kappa shape index (κ1) is 32.5. The van der Waals surface area contributed by atoms with Crippen LogP contribution in [0.4, 0.5) is 5.69 Å². The molecule has 0 bridgehead atoms. The number of amides is 1. The van der Waals surface area contributed by atoms with E-state index in [-0.39, 0.29) is 11.5 Å². The number of hydrogen-bond donors (Lipinski definition) is 1. The van der Waals surface area contributed by atoms with Crippen molar-refractivity contribution < 1.29 is 23.7 Å². The van der Waals surface area contributed by atoms with E-state index in [1.54, 1.807) is 32.4 Å². The maximum absolute atomic E-state index is 13.4. The molecule has 13 nitrogen and oxygen atoms in total. The Balaban J connectivity index is 1.06. The van der Waals surface area contributed by atoms with Crippen molar-refractivity contribution in [2.24, 2.45) is 0 Å². The van der Waals surface area contributed by atoms with Crippen molar-refractivity contribution in [1.82, 2.24) is 35.1 Å². The van der Waals surface area contributed by atoms with Gasteiger partial charge in [-0.1, -0.05) is 24.3 Å². The average molecular weight is 673 g/mol. The number of carbonyl (C=O) groups excluding carboxylic acids is 1. The van der Waals surface area contributed by atoms with E-state index in [9.17, 15) is 4.79 Å². The van der Waals surface area contributed by atoms with E-state index in [1.807, 2.05) is 30.3 Å². The monoisotopic (exact) mass is 672 g/mol. The van der Waals surface area contributed by atoms with Crippen molar-refractivity contribution in [2.75, 3.05) is 46.8 Å². The molecule has 0 unspecified atom stereocenters. The van der Waals surface area contributed by atoms with Crippen LogP contribution < -0.4 is 24.3 Å². The molecule has 4 aromatic carbocycles. The zero-order valence-corrected chi connectivity index (χ0v) is 28.2. The molecule has 6 aromatic rings. The lowest BCUT2D eigenvalue weighted by Crippen LogP contribution is -2.32. The number of benzene rings is 4. The first-order chi connectivity index (χ1) is 24.5. The van der Waals surface area contributed by atoms with E-state index in [0.717, 1.165) is 49.7 Å². The number of ether oxygens (including phenoxy) is 4. The minimum atomic E-state index is -0.451. The van der Waals surface area contributed by atoms with Gasteiger partial charge in [-0.25, -0.2) is 4.98 Å². The first-order valence-electron chi connectivity index (χ1n) is 16.1. The number of methoxy groups -OCH3 is 4. The number of nitrogens with one attached hydrogen (secondary N) is 1. The van der Waals surface area contributed by atoms with Crippen molar-refractivity contribution in [3.63, 3.8) is 0 Å². The Morgan fingerprint density at radius 1 is 0.820 bits per heavy atom. The smallest absolute Gasteiger partial charge is 0.275 e. The zero-order valence-electron chi connectivity index (χ0n) is 28.2. The Labute approximate surface area is 288 Å². The number of hydrogen-bond acceptors (Lipinski definition) is 11. The molecule has 13 heteroatoms. The van der Waals surface area contributed by atoms with E-state index >= 15 is 0 Å². The molecule has 1 aliphatic heterocycles. The fourth-order valence-electron chi connectivity index (χ4n) is 6.07. The highest BCUT2D eigenvalue weighted by Crippen LogP contribution is 2.38. The van der Waals surface area contributed by atoms with Crippen LogP contribution in [-0.4, -0.2) is 82.5 Å². The molecule has 50 heavy (non-hydrogen) atoms. The van der Waals surface area contributed by atoms with E-state index in [4.69, 9.17) is 18.9 Å². The van der Waals surface area contributed by atoms with Crippen LogP contribution in [-0.2, 0) is 19.4 Å². The van der Waals surface area contributed by atoms with E-state index < -0.39 is 5.91 Å². The second kappa shape index (κ2) is 14.2. The molecule has 3 heterocycles. The minimum absolute atomic E-state index is 0.159. The summed E-state index contributed by atoms with van der Waals surface area (Å²) in [4.78, 5) is 26.1. The van der Waals surface area contributed by atoms with Crippen LogP contribution in [0, 0.1) is 0 Å². The number of tetrazole rings is 1. The molecule has 0 spiro atoms. The highest BCUT2D eigenvalue weighted by atomic mass is 16.5. The second-order valence-electron chi connectivity index (χ2n) is 11.8. The van der Waals surface area contributed by atoms with Crippen LogP contribution in [0.3, 0.4) is 0 Å². The molecular weight excluding hydrogens is 636 g/mol. The Hall–Kier alpha value is -6.08. The van der Waals surface area contributed by atoms with Gasteiger partial charge < -0.3 is 24.3 Å². The Morgan fingerprint density at radius 2 is 1.50 bits per heavy atom. The molecule has 0 fully saturated rings. The summed E-state index contributed by atoms with van der Waals surface area (Å²) in [5.74, 6) is 2.24. The van der Waals surface area contributed by atoms with Crippen LogP contribution in [0.5, 0.6) is 23.0 Å². The van der Waals surface area contributed by atoms with Crippen LogP contribution in [0.1, 0.15) is 27.2 Å². The predicted octanol–water partition coefficient (Wildman–Crippen LogP) is 5.16. The molecule has 0 aliphatic carbocycles. The molecule has 1 aliphatic rings. The summed E-state index contributed by atoms with van der Waals surface area (Å²) in [7, 11) is 6.40.